The summed E-state index contributed by atoms with van der Waals surface area (Å²) < 4.78 is 7.16. The predicted octanol–water partition coefficient (Wildman–Crippen LogP) is 2.96. The molecular formula is C16H15N3O2S. The zero-order chi connectivity index (χ0) is 15.1. The lowest BCUT2D eigenvalue weighted by molar-refractivity contribution is 0.0947. The highest BCUT2D eigenvalue weighted by Gasteiger charge is 2.27. The first-order chi connectivity index (χ1) is 10.8. The average molecular weight is 313 g/mol. The molecule has 1 amide bonds. The Kier molecular flexibility index (Phi) is 3.11. The molecule has 1 fully saturated rings. The van der Waals surface area contributed by atoms with E-state index >= 15 is 0 Å². The summed E-state index contributed by atoms with van der Waals surface area (Å²) in [4.78, 5) is 17.8. The minimum absolute atomic E-state index is 0.0933. The Bertz CT molecular complexity index is 831. The summed E-state index contributed by atoms with van der Waals surface area (Å²) in [5.74, 6) is 0.697. The molecule has 1 N–H and O–H groups in total. The van der Waals surface area contributed by atoms with Crippen LogP contribution in [0.2, 0.25) is 0 Å². The number of thiazole rings is 1. The van der Waals surface area contributed by atoms with Crippen molar-refractivity contribution < 1.29 is 9.53 Å². The number of aromatic nitrogens is 2. The van der Waals surface area contributed by atoms with Crippen molar-refractivity contribution in [1.82, 2.24) is 14.7 Å². The van der Waals surface area contributed by atoms with Crippen LogP contribution in [0.25, 0.3) is 16.2 Å². The monoisotopic (exact) mass is 313 g/mol. The third-order valence-electron chi connectivity index (χ3n) is 3.75. The Morgan fingerprint density at radius 3 is 2.82 bits per heavy atom. The average Bonchev–Trinajstić information content (AvgIpc) is 3.10. The van der Waals surface area contributed by atoms with Crippen LogP contribution in [0, 0.1) is 0 Å². The molecule has 0 unspecified atom stereocenters. The number of hydrogen-bond acceptors (Lipinski definition) is 4. The number of benzene rings is 1. The zero-order valence-corrected chi connectivity index (χ0v) is 12.9. The number of ether oxygens (including phenoxy) is 1. The third kappa shape index (κ3) is 2.25. The molecule has 0 radical (unpaired) electrons. The second-order valence-electron chi connectivity index (χ2n) is 5.34. The molecule has 4 rings (SSSR count). The van der Waals surface area contributed by atoms with Crippen LogP contribution in [0.3, 0.4) is 0 Å². The first-order valence-corrected chi connectivity index (χ1v) is 8.05. The van der Waals surface area contributed by atoms with Gasteiger partial charge in [0.25, 0.3) is 5.91 Å². The number of carbonyl (C=O) groups excluding carboxylic acids is 1. The second-order valence-corrected chi connectivity index (χ2v) is 6.21. The van der Waals surface area contributed by atoms with Crippen LogP contribution >= 0.6 is 11.3 Å². The molecule has 1 aliphatic rings. The molecule has 3 aromatic rings. The Balaban J connectivity index is 1.81. The number of carbonyl (C=O) groups is 1. The number of fused-ring (bicyclic) bond motifs is 1. The van der Waals surface area contributed by atoms with Gasteiger partial charge in [0.15, 0.2) is 10.7 Å². The molecule has 0 bridgehead atoms. The van der Waals surface area contributed by atoms with E-state index in [1.54, 1.807) is 7.11 Å². The molecule has 1 aliphatic carbocycles. The SMILES string of the molecule is COc1ccc(-c2c(C(=O)NC3CC3)nc3sccn23)cc1. The van der Waals surface area contributed by atoms with Gasteiger partial charge in [-0.25, -0.2) is 4.98 Å². The van der Waals surface area contributed by atoms with Gasteiger partial charge in [-0.1, -0.05) is 0 Å². The first-order valence-electron chi connectivity index (χ1n) is 7.17. The summed E-state index contributed by atoms with van der Waals surface area (Å²) in [5.41, 5.74) is 2.27. The number of rotatable bonds is 4. The molecular weight excluding hydrogens is 298 g/mol. The highest BCUT2D eigenvalue weighted by Crippen LogP contribution is 2.29. The molecule has 1 saturated carbocycles. The fourth-order valence-corrected chi connectivity index (χ4v) is 3.16. The number of methoxy groups -OCH3 is 1. The van der Waals surface area contributed by atoms with Crippen LogP contribution in [-0.4, -0.2) is 28.4 Å². The van der Waals surface area contributed by atoms with E-state index in [-0.39, 0.29) is 5.91 Å². The van der Waals surface area contributed by atoms with Crippen LogP contribution in [0.1, 0.15) is 23.3 Å². The van der Waals surface area contributed by atoms with Gasteiger partial charge in [-0.15, -0.1) is 11.3 Å². The van der Waals surface area contributed by atoms with E-state index in [0.717, 1.165) is 34.8 Å². The van der Waals surface area contributed by atoms with E-state index in [0.29, 0.717) is 11.7 Å². The second kappa shape index (κ2) is 5.14. The van der Waals surface area contributed by atoms with Gasteiger partial charge >= 0.3 is 0 Å². The van der Waals surface area contributed by atoms with Crippen molar-refractivity contribution in [3.05, 3.63) is 41.5 Å². The lowest BCUT2D eigenvalue weighted by Gasteiger charge is -2.06. The summed E-state index contributed by atoms with van der Waals surface area (Å²) in [6, 6.07) is 8.01. The molecule has 2 aromatic heterocycles. The maximum absolute atomic E-state index is 12.5. The molecule has 6 heteroatoms. The lowest BCUT2D eigenvalue weighted by atomic mass is 10.1. The van der Waals surface area contributed by atoms with E-state index in [1.807, 2.05) is 40.2 Å². The highest BCUT2D eigenvalue weighted by atomic mass is 32.1. The molecule has 22 heavy (non-hydrogen) atoms. The predicted molar refractivity (Wildman–Crippen MR) is 85.5 cm³/mol. The van der Waals surface area contributed by atoms with Crippen molar-refractivity contribution in [3.8, 4) is 17.0 Å². The van der Waals surface area contributed by atoms with E-state index in [1.165, 1.54) is 11.3 Å². The van der Waals surface area contributed by atoms with Gasteiger partial charge in [0.1, 0.15) is 5.75 Å². The topological polar surface area (TPSA) is 55.6 Å². The van der Waals surface area contributed by atoms with Gasteiger partial charge in [-0.2, -0.15) is 0 Å². The molecule has 0 aliphatic heterocycles. The molecule has 0 saturated heterocycles. The first kappa shape index (κ1) is 13.3. The Labute approximate surface area is 131 Å². The fourth-order valence-electron chi connectivity index (χ4n) is 2.45. The van der Waals surface area contributed by atoms with E-state index < -0.39 is 0 Å². The smallest absolute Gasteiger partial charge is 0.272 e. The number of imidazole rings is 1. The summed E-state index contributed by atoms with van der Waals surface area (Å²) in [7, 11) is 1.64. The summed E-state index contributed by atoms with van der Waals surface area (Å²) in [5, 5.41) is 4.99. The van der Waals surface area contributed by atoms with Gasteiger partial charge < -0.3 is 10.1 Å². The van der Waals surface area contributed by atoms with Crippen molar-refractivity contribution in [2.24, 2.45) is 0 Å². The summed E-state index contributed by atoms with van der Waals surface area (Å²) >= 11 is 1.52. The number of nitrogens with zero attached hydrogens (tertiary/aromatic N) is 2. The van der Waals surface area contributed by atoms with Crippen LogP contribution < -0.4 is 10.1 Å². The van der Waals surface area contributed by atoms with E-state index in [9.17, 15) is 4.79 Å². The Morgan fingerprint density at radius 1 is 1.36 bits per heavy atom. The normalized spacial score (nSPS) is 14.2. The third-order valence-corrected chi connectivity index (χ3v) is 4.51. The number of nitrogens with one attached hydrogen (secondary N) is 1. The Morgan fingerprint density at radius 2 is 2.14 bits per heavy atom. The Hall–Kier alpha value is -2.34. The minimum atomic E-state index is -0.0933. The van der Waals surface area contributed by atoms with Crippen molar-refractivity contribution in [2.45, 2.75) is 18.9 Å². The van der Waals surface area contributed by atoms with E-state index in [4.69, 9.17) is 4.74 Å². The standard InChI is InChI=1S/C16H15N3O2S/c1-21-12-6-2-10(3-7-12)14-13(15(20)17-11-4-5-11)18-16-19(14)8-9-22-16/h2-3,6-9,11H,4-5H2,1H3,(H,17,20). The van der Waals surface area contributed by atoms with E-state index in [2.05, 4.69) is 10.3 Å². The maximum atomic E-state index is 12.5. The summed E-state index contributed by atoms with van der Waals surface area (Å²) in [6.45, 7) is 0. The van der Waals surface area contributed by atoms with Crippen molar-refractivity contribution in [2.75, 3.05) is 7.11 Å². The van der Waals surface area contributed by atoms with Gasteiger partial charge in [0.05, 0.1) is 12.8 Å². The molecule has 1 aromatic carbocycles. The minimum Gasteiger partial charge on any atom is -0.497 e. The number of hydrogen-bond donors (Lipinski definition) is 1. The van der Waals surface area contributed by atoms with Gasteiger partial charge in [-0.05, 0) is 37.1 Å². The fraction of sp³-hybridized carbons (Fsp3) is 0.250. The van der Waals surface area contributed by atoms with Gasteiger partial charge in [0, 0.05) is 23.2 Å². The lowest BCUT2D eigenvalue weighted by Crippen LogP contribution is -2.26. The van der Waals surface area contributed by atoms with Crippen LogP contribution in [0.15, 0.2) is 35.8 Å². The quantitative estimate of drug-likeness (QED) is 0.805. The maximum Gasteiger partial charge on any atom is 0.272 e. The van der Waals surface area contributed by atoms with Crippen LogP contribution in [-0.2, 0) is 0 Å². The highest BCUT2D eigenvalue weighted by molar-refractivity contribution is 7.15. The molecule has 5 nitrogen and oxygen atoms in total. The molecule has 0 spiro atoms. The summed E-state index contributed by atoms with van der Waals surface area (Å²) in [6.07, 6.45) is 4.07. The van der Waals surface area contributed by atoms with Crippen molar-refractivity contribution in [1.29, 1.82) is 0 Å². The van der Waals surface area contributed by atoms with Gasteiger partial charge in [-0.3, -0.25) is 9.20 Å². The van der Waals surface area contributed by atoms with Gasteiger partial charge in [0.2, 0.25) is 0 Å². The number of amides is 1. The van der Waals surface area contributed by atoms with Crippen LogP contribution in [0.4, 0.5) is 0 Å². The van der Waals surface area contributed by atoms with Crippen molar-refractivity contribution in [3.63, 3.8) is 0 Å². The zero-order valence-electron chi connectivity index (χ0n) is 12.1. The largest absolute Gasteiger partial charge is 0.497 e. The van der Waals surface area contributed by atoms with Crippen LogP contribution in [0.5, 0.6) is 5.75 Å². The molecule has 0 atom stereocenters. The van der Waals surface area contributed by atoms with Crippen molar-refractivity contribution >= 4 is 22.2 Å². The molecule has 112 valence electrons. The molecule has 2 heterocycles.